The number of amides is 1. The number of nitrogens with one attached hydrogen (secondary N) is 1. The van der Waals surface area contributed by atoms with Crippen LogP contribution in [0.3, 0.4) is 0 Å². The highest BCUT2D eigenvalue weighted by atomic mass is 16.3. The Morgan fingerprint density at radius 2 is 2.04 bits per heavy atom. The number of aliphatic hydroxyl groups excluding tert-OH is 1. The number of β-amino-alcohol motifs (C(OH)–C–C–N with tert-alkyl or cyclic N) is 1. The normalized spacial score (nSPS) is 23.8. The summed E-state index contributed by atoms with van der Waals surface area (Å²) in [7, 11) is 0. The summed E-state index contributed by atoms with van der Waals surface area (Å²) in [6.45, 7) is 6.80. The molecule has 2 atom stereocenters. The number of carbonyl (C=O) groups excluding carboxylic acids is 1. The minimum absolute atomic E-state index is 0.145. The number of piperazine rings is 1. The van der Waals surface area contributed by atoms with E-state index in [0.717, 1.165) is 37.7 Å². The minimum Gasteiger partial charge on any atom is -0.387 e. The Morgan fingerprint density at radius 3 is 2.71 bits per heavy atom. The number of nitrogens with zero attached hydrogens (tertiary/aromatic N) is 2. The van der Waals surface area contributed by atoms with Crippen molar-refractivity contribution in [1.29, 1.82) is 0 Å². The second kappa shape index (κ2) is 8.10. The summed E-state index contributed by atoms with van der Waals surface area (Å²) >= 11 is 0. The van der Waals surface area contributed by atoms with Gasteiger partial charge in [0.2, 0.25) is 5.91 Å². The molecule has 2 fully saturated rings. The summed E-state index contributed by atoms with van der Waals surface area (Å²) in [5.74, 6) is 0.871. The Morgan fingerprint density at radius 1 is 1.29 bits per heavy atom. The number of carbonyl (C=O) groups is 1. The van der Waals surface area contributed by atoms with Gasteiger partial charge in [-0.05, 0) is 31.2 Å². The molecule has 1 saturated carbocycles. The standard InChI is InChI=1S/C19H29N3O2/c1-15-12-21(14-19(24)20-11-16-7-8-16)9-10-22(15)13-18(23)17-5-3-2-4-6-17/h2-6,15-16,18,23H,7-14H2,1H3,(H,20,24)/t15-,18-/m0/s1. The van der Waals surface area contributed by atoms with Gasteiger partial charge in [-0.3, -0.25) is 14.6 Å². The van der Waals surface area contributed by atoms with Crippen molar-refractivity contribution in [1.82, 2.24) is 15.1 Å². The van der Waals surface area contributed by atoms with E-state index in [2.05, 4.69) is 22.0 Å². The molecule has 1 aromatic rings. The number of benzene rings is 1. The van der Waals surface area contributed by atoms with Crippen LogP contribution in [0, 0.1) is 5.92 Å². The van der Waals surface area contributed by atoms with E-state index < -0.39 is 6.10 Å². The molecule has 0 unspecified atom stereocenters. The van der Waals surface area contributed by atoms with E-state index in [1.54, 1.807) is 0 Å². The van der Waals surface area contributed by atoms with Crippen molar-refractivity contribution in [2.24, 2.45) is 5.92 Å². The van der Waals surface area contributed by atoms with Crippen molar-refractivity contribution >= 4 is 5.91 Å². The summed E-state index contributed by atoms with van der Waals surface area (Å²) in [5.41, 5.74) is 0.964. The van der Waals surface area contributed by atoms with Gasteiger partial charge in [0.25, 0.3) is 0 Å². The van der Waals surface area contributed by atoms with Crippen LogP contribution in [0.4, 0.5) is 0 Å². The minimum atomic E-state index is -0.456. The van der Waals surface area contributed by atoms with Crippen molar-refractivity contribution in [3.8, 4) is 0 Å². The predicted molar refractivity (Wildman–Crippen MR) is 94.6 cm³/mol. The number of rotatable bonds is 7. The van der Waals surface area contributed by atoms with Gasteiger partial charge in [0.05, 0.1) is 12.6 Å². The summed E-state index contributed by atoms with van der Waals surface area (Å²) in [6, 6.07) is 10.2. The highest BCUT2D eigenvalue weighted by Crippen LogP contribution is 2.27. The Hall–Kier alpha value is -1.43. The zero-order chi connectivity index (χ0) is 16.9. The van der Waals surface area contributed by atoms with Crippen molar-refractivity contribution in [2.75, 3.05) is 39.3 Å². The molecule has 1 aliphatic heterocycles. The van der Waals surface area contributed by atoms with E-state index in [1.165, 1.54) is 12.8 Å². The molecule has 1 heterocycles. The van der Waals surface area contributed by atoms with Crippen molar-refractivity contribution in [2.45, 2.75) is 31.9 Å². The van der Waals surface area contributed by atoms with E-state index in [1.807, 2.05) is 30.3 Å². The van der Waals surface area contributed by atoms with Gasteiger partial charge in [0.15, 0.2) is 0 Å². The SMILES string of the molecule is C[C@H]1CN(CC(=O)NCC2CC2)CCN1C[C@H](O)c1ccccc1. The topological polar surface area (TPSA) is 55.8 Å². The summed E-state index contributed by atoms with van der Waals surface area (Å²) < 4.78 is 0. The highest BCUT2D eigenvalue weighted by Gasteiger charge is 2.27. The molecule has 3 rings (SSSR count). The molecule has 2 aliphatic rings. The lowest BCUT2D eigenvalue weighted by atomic mass is 10.1. The fraction of sp³-hybridized carbons (Fsp3) is 0.632. The number of hydrogen-bond acceptors (Lipinski definition) is 4. The van der Waals surface area contributed by atoms with Crippen LogP contribution < -0.4 is 5.32 Å². The molecule has 24 heavy (non-hydrogen) atoms. The maximum atomic E-state index is 12.0. The van der Waals surface area contributed by atoms with Crippen LogP contribution in [0.15, 0.2) is 30.3 Å². The summed E-state index contributed by atoms with van der Waals surface area (Å²) in [5, 5.41) is 13.4. The first-order valence-corrected chi connectivity index (χ1v) is 9.08. The molecule has 5 heteroatoms. The molecule has 132 valence electrons. The Labute approximate surface area is 144 Å². The molecule has 1 aliphatic carbocycles. The van der Waals surface area contributed by atoms with Gasteiger partial charge in [-0.25, -0.2) is 0 Å². The average Bonchev–Trinajstić information content (AvgIpc) is 3.40. The van der Waals surface area contributed by atoms with Crippen LogP contribution in [0.5, 0.6) is 0 Å². The maximum Gasteiger partial charge on any atom is 0.234 e. The lowest BCUT2D eigenvalue weighted by Gasteiger charge is -2.40. The number of aliphatic hydroxyl groups is 1. The molecule has 0 spiro atoms. The third-order valence-corrected chi connectivity index (χ3v) is 5.09. The first-order valence-electron chi connectivity index (χ1n) is 9.08. The smallest absolute Gasteiger partial charge is 0.234 e. The van der Waals surface area contributed by atoms with E-state index in [9.17, 15) is 9.90 Å². The highest BCUT2D eigenvalue weighted by molar-refractivity contribution is 5.78. The van der Waals surface area contributed by atoms with E-state index >= 15 is 0 Å². The van der Waals surface area contributed by atoms with Gasteiger partial charge in [-0.2, -0.15) is 0 Å². The van der Waals surface area contributed by atoms with E-state index in [4.69, 9.17) is 0 Å². The van der Waals surface area contributed by atoms with Gasteiger partial charge >= 0.3 is 0 Å². The van der Waals surface area contributed by atoms with Gasteiger partial charge in [0, 0.05) is 38.8 Å². The Balaban J connectivity index is 1.42. The van der Waals surface area contributed by atoms with Crippen molar-refractivity contribution < 1.29 is 9.90 Å². The van der Waals surface area contributed by atoms with Crippen LogP contribution in [0.1, 0.15) is 31.4 Å². The Bertz CT molecular complexity index is 533. The van der Waals surface area contributed by atoms with E-state index in [-0.39, 0.29) is 5.91 Å². The lowest BCUT2D eigenvalue weighted by molar-refractivity contribution is -0.123. The molecular weight excluding hydrogens is 302 g/mol. The fourth-order valence-electron chi connectivity index (χ4n) is 3.33. The average molecular weight is 331 g/mol. The van der Waals surface area contributed by atoms with Crippen LogP contribution in [-0.4, -0.2) is 66.1 Å². The molecule has 0 aromatic heterocycles. The lowest BCUT2D eigenvalue weighted by Crippen LogP contribution is -2.54. The third-order valence-electron chi connectivity index (χ3n) is 5.09. The quantitative estimate of drug-likeness (QED) is 0.790. The molecular formula is C19H29N3O2. The molecule has 1 amide bonds. The summed E-state index contributed by atoms with van der Waals surface area (Å²) in [4.78, 5) is 16.5. The summed E-state index contributed by atoms with van der Waals surface area (Å²) in [6.07, 6.45) is 2.07. The van der Waals surface area contributed by atoms with Gasteiger partial charge in [-0.15, -0.1) is 0 Å². The second-order valence-electron chi connectivity index (χ2n) is 7.25. The molecule has 5 nitrogen and oxygen atoms in total. The molecule has 1 saturated heterocycles. The first-order chi connectivity index (χ1) is 11.6. The zero-order valence-corrected chi connectivity index (χ0v) is 14.5. The van der Waals surface area contributed by atoms with Gasteiger partial charge < -0.3 is 10.4 Å². The predicted octanol–water partition coefficient (Wildman–Crippen LogP) is 1.25. The van der Waals surface area contributed by atoms with Crippen molar-refractivity contribution in [3.63, 3.8) is 0 Å². The molecule has 0 bridgehead atoms. The van der Waals surface area contributed by atoms with Crippen LogP contribution in [0.25, 0.3) is 0 Å². The van der Waals surface area contributed by atoms with Crippen LogP contribution >= 0.6 is 0 Å². The molecule has 2 N–H and O–H groups in total. The van der Waals surface area contributed by atoms with Crippen molar-refractivity contribution in [3.05, 3.63) is 35.9 Å². The molecule has 1 aromatic carbocycles. The Kier molecular flexibility index (Phi) is 5.87. The van der Waals surface area contributed by atoms with Crippen LogP contribution in [0.2, 0.25) is 0 Å². The first kappa shape index (κ1) is 17.4. The molecule has 0 radical (unpaired) electrons. The fourth-order valence-corrected chi connectivity index (χ4v) is 3.33. The van der Waals surface area contributed by atoms with Crippen LogP contribution in [-0.2, 0) is 4.79 Å². The largest absolute Gasteiger partial charge is 0.387 e. The van der Waals surface area contributed by atoms with E-state index in [0.29, 0.717) is 19.1 Å². The monoisotopic (exact) mass is 331 g/mol. The van der Waals surface area contributed by atoms with Gasteiger partial charge in [-0.1, -0.05) is 30.3 Å². The number of hydrogen-bond donors (Lipinski definition) is 2. The third kappa shape index (κ3) is 5.03. The van der Waals surface area contributed by atoms with Gasteiger partial charge in [0.1, 0.15) is 0 Å². The maximum absolute atomic E-state index is 12.0. The zero-order valence-electron chi connectivity index (χ0n) is 14.5. The second-order valence-corrected chi connectivity index (χ2v) is 7.25.